The maximum atomic E-state index is 13.9. The van der Waals surface area contributed by atoms with Gasteiger partial charge in [0.15, 0.2) is 46.0 Å². The molecule has 0 unspecified atom stereocenters. The molecule has 0 aliphatic carbocycles. The molecule has 4 amide bonds. The number of rotatable bonds is 81. The molecule has 3 heterocycles. The molecular formula is C87H131N13O40S8. The van der Waals surface area contributed by atoms with Gasteiger partial charge in [0.05, 0.1) is 142 Å². The Labute approximate surface area is 859 Å². The van der Waals surface area contributed by atoms with Crippen LogP contribution in [0.3, 0.4) is 0 Å². The first-order valence-electron chi connectivity index (χ1n) is 47.6. The lowest BCUT2D eigenvalue weighted by Crippen LogP contribution is -2.25. The Morgan fingerprint density at radius 3 is 0.662 bits per heavy atom. The van der Waals surface area contributed by atoms with E-state index in [1.165, 1.54) is 36.4 Å². The Balaban J connectivity index is 1.00. The molecule has 4 aromatic carbocycles. The number of benzene rings is 4. The molecule has 53 nitrogen and oxygen atoms in total. The highest BCUT2D eigenvalue weighted by atomic mass is 32.2. The Kier molecular flexibility index (Phi) is 52.5. The second-order valence-electron chi connectivity index (χ2n) is 33.6. The van der Waals surface area contributed by atoms with Gasteiger partial charge in [-0.25, -0.2) is 0 Å². The number of ether oxygens (including phenoxy) is 12. The lowest BCUT2D eigenvalue weighted by atomic mass is 10.1. The van der Waals surface area contributed by atoms with Crippen molar-refractivity contribution in [2.45, 2.75) is 188 Å². The first-order chi connectivity index (χ1) is 70.0. The molecule has 0 atom stereocenters. The number of nitrogens with one attached hydrogen (secondary N) is 4. The van der Waals surface area contributed by atoms with Crippen LogP contribution in [0.15, 0.2) is 67.1 Å². The van der Waals surface area contributed by atoms with E-state index in [-0.39, 0.29) is 255 Å². The van der Waals surface area contributed by atoms with Crippen molar-refractivity contribution < 1.29 is 180 Å². The number of carbonyl (C=O) groups is 4. The monoisotopic (exact) mass is 2250 g/mol. The van der Waals surface area contributed by atoms with E-state index in [1.807, 2.05) is 13.8 Å². The summed E-state index contributed by atoms with van der Waals surface area (Å²) in [7, 11) is -34.9. The summed E-state index contributed by atoms with van der Waals surface area (Å²) in [6.07, 6.45) is 11.4. The lowest BCUT2D eigenvalue weighted by Gasteiger charge is -2.19. The number of carbonyl (C=O) groups excluding carboxylic acids is 4. The van der Waals surface area contributed by atoms with Crippen molar-refractivity contribution in [2.75, 3.05) is 151 Å². The van der Waals surface area contributed by atoms with Gasteiger partial charge in [-0.15, -0.1) is 15.3 Å². The van der Waals surface area contributed by atoms with Crippen molar-refractivity contribution >= 4 is 105 Å². The van der Waals surface area contributed by atoms with Crippen LogP contribution in [0, 0.1) is 0 Å². The third-order valence-electron chi connectivity index (χ3n) is 20.6. The lowest BCUT2D eigenvalue weighted by molar-refractivity contribution is 0.0943. The molecule has 0 saturated carbocycles. The van der Waals surface area contributed by atoms with Crippen LogP contribution in [-0.4, -0.2) is 324 Å². The summed E-state index contributed by atoms with van der Waals surface area (Å²) in [5.41, 5.74) is 2.09. The van der Waals surface area contributed by atoms with E-state index in [2.05, 4.69) is 52.2 Å². The zero-order valence-corrected chi connectivity index (χ0v) is 88.4. The first-order valence-corrected chi connectivity index (χ1v) is 60.5. The van der Waals surface area contributed by atoms with E-state index in [0.717, 1.165) is 0 Å². The Morgan fingerprint density at radius 2 is 0.439 bits per heavy atom. The number of nitrogens with zero attached hydrogens (tertiary/aromatic N) is 9. The van der Waals surface area contributed by atoms with Crippen molar-refractivity contribution in [3.05, 3.63) is 106 Å². The van der Waals surface area contributed by atoms with Gasteiger partial charge in [-0.1, -0.05) is 29.5 Å². The van der Waals surface area contributed by atoms with Gasteiger partial charge in [-0.05, 0) is 203 Å². The Hall–Kier alpha value is -10.9. The van der Waals surface area contributed by atoms with Crippen LogP contribution in [0.2, 0.25) is 0 Å². The van der Waals surface area contributed by atoms with Crippen LogP contribution < -0.4 is 78.1 Å². The molecule has 0 spiro atoms. The van der Waals surface area contributed by atoms with Crippen molar-refractivity contribution in [2.24, 2.45) is 0 Å². The van der Waals surface area contributed by atoms with Crippen LogP contribution in [0.1, 0.15) is 207 Å². The van der Waals surface area contributed by atoms with E-state index >= 15 is 0 Å². The largest absolute Gasteiger partial charge is 0.490 e. The van der Waals surface area contributed by atoms with Crippen molar-refractivity contribution in [3.63, 3.8) is 0 Å². The maximum absolute atomic E-state index is 13.9. The van der Waals surface area contributed by atoms with Crippen LogP contribution >= 0.6 is 0 Å². The number of aryl methyl sites for hydroxylation is 6. The number of hydrogen-bond donors (Lipinski definition) is 12. The third kappa shape index (κ3) is 52.5. The van der Waals surface area contributed by atoms with Gasteiger partial charge in [0.2, 0.25) is 23.0 Å². The second kappa shape index (κ2) is 62.6. The smallest absolute Gasteiger partial charge is 0.264 e. The van der Waals surface area contributed by atoms with Crippen molar-refractivity contribution in [3.8, 4) is 69.0 Å². The molecule has 3 aromatic heterocycles. The van der Waals surface area contributed by atoms with E-state index < -0.39 is 151 Å². The molecule has 7 aromatic rings. The highest BCUT2D eigenvalue weighted by molar-refractivity contribution is 7.87. The van der Waals surface area contributed by atoms with Crippen LogP contribution in [0.4, 0.5) is 0 Å². The number of amides is 4. The fourth-order valence-corrected chi connectivity index (χ4v) is 17.5. The van der Waals surface area contributed by atoms with Crippen LogP contribution in [-0.2, 0) is 120 Å². The standard InChI is InChI=1S/C87H131N13O40S8/c1-3-27-88-84(101)65-54-74(130-36-10-6-24-69-62-98(95-92-69)31-14-28-89-85(102)66-56-72(129-35-9-5-13-46-141(105,106)107)80(137-34-4-2)73(57-66)132-39-17-47-142(108,109)110)81(138-38-12-8-26-71-64-100(97-94-71)33-16-30-91-87(104)68-60-78(135-42-20-50-145(117,118)119)83(140-45-23-53-148(126,127)128)79(61-68)136-43-21-51-146(120,121)122)75(55-65)131-37-11-7-25-70-63-99(96-93-70)32-15-29-90-86(103)67-58-76(133-40-18-48-143(111,112)113)82(139-44-22-52-147(123,124)125)77(59-67)134-41-19-49-144(114,115)116/h54-64H,3-53H2,1-2H3,(H,88,101)(H,89,102)(H,90,103)(H,91,104)(H,105,106,107)(H,108,109,110)(H,111,112,113)(H,114,115,116)(H,117,118,119)(H,120,121,122)(H,123,124,125)(H,126,127,128). The average molecular weight is 2260 g/mol. The fourth-order valence-electron chi connectivity index (χ4n) is 13.6. The Morgan fingerprint density at radius 1 is 0.243 bits per heavy atom. The van der Waals surface area contributed by atoms with Crippen molar-refractivity contribution in [1.29, 1.82) is 0 Å². The van der Waals surface area contributed by atoms with Crippen molar-refractivity contribution in [1.82, 2.24) is 66.2 Å². The predicted octanol–water partition coefficient (Wildman–Crippen LogP) is 6.09. The highest BCUT2D eigenvalue weighted by Gasteiger charge is 2.28. The third-order valence-corrected chi connectivity index (χ3v) is 27.0. The molecule has 7 rings (SSSR count). The highest BCUT2D eigenvalue weighted by Crippen LogP contribution is 2.44. The summed E-state index contributed by atoms with van der Waals surface area (Å²) in [4.78, 5) is 55.1. The molecule has 832 valence electrons. The molecule has 0 aliphatic heterocycles. The fraction of sp³-hybridized carbons (Fsp3) is 0.609. The minimum atomic E-state index is -4.41. The molecule has 61 heteroatoms. The predicted molar refractivity (Wildman–Crippen MR) is 532 cm³/mol. The number of hydrogen-bond acceptors (Lipinski definition) is 38. The van der Waals surface area contributed by atoms with Gasteiger partial charge < -0.3 is 78.1 Å². The zero-order chi connectivity index (χ0) is 108. The summed E-state index contributed by atoms with van der Waals surface area (Å²) in [6.45, 7) is 3.74. The summed E-state index contributed by atoms with van der Waals surface area (Å²) >= 11 is 0. The van der Waals surface area contributed by atoms with Gasteiger partial charge >= 0.3 is 0 Å². The molecule has 0 radical (unpaired) electrons. The van der Waals surface area contributed by atoms with Gasteiger partial charge in [0, 0.05) is 86.7 Å². The molecule has 12 N–H and O–H groups in total. The van der Waals surface area contributed by atoms with Gasteiger partial charge in [-0.2, -0.15) is 67.3 Å². The number of aromatic nitrogens is 9. The zero-order valence-electron chi connectivity index (χ0n) is 81.8. The van der Waals surface area contributed by atoms with Gasteiger partial charge in [0.1, 0.15) is 0 Å². The maximum Gasteiger partial charge on any atom is 0.264 e. The molecular weight excluding hydrogens is 2120 g/mol. The Bertz CT molecular complexity index is 6230. The average Bonchev–Trinajstić information content (AvgIpc) is 1.31. The second-order valence-corrected chi connectivity index (χ2v) is 46.2. The molecule has 0 saturated heterocycles. The minimum absolute atomic E-state index is 0.0677. The quantitative estimate of drug-likeness (QED) is 0.0151. The number of unbranched alkanes of at least 4 members (excludes halogenated alkanes) is 5. The van der Waals surface area contributed by atoms with Gasteiger partial charge in [-0.3, -0.25) is 69.6 Å². The minimum Gasteiger partial charge on any atom is -0.490 e. The molecule has 148 heavy (non-hydrogen) atoms. The van der Waals surface area contributed by atoms with E-state index in [4.69, 9.17) is 61.4 Å². The topological polar surface area (TPSA) is 754 Å². The molecule has 0 aliphatic rings. The first kappa shape index (κ1) is 124. The van der Waals surface area contributed by atoms with E-state index in [0.29, 0.717) is 133 Å². The van der Waals surface area contributed by atoms with Crippen LogP contribution in [0.5, 0.6) is 69.0 Å². The summed E-state index contributed by atoms with van der Waals surface area (Å²) in [5, 5.41) is 37.2. The molecule has 0 bridgehead atoms. The SMILES string of the molecule is CCCNC(=O)c1cc(OCCCCc2cn(CCCNC(=O)c3cc(OCCCCCS(=O)(=O)O)c(OCCC)c(OCCCS(=O)(=O)O)c3)nn2)c(OCCCCc2cn(CCCNC(=O)c3cc(OCCCS(=O)(=O)O)c(OCCCS(=O)(=O)O)c(OCCCS(=O)(=O)O)c3)nn2)c(OCCCCc2cn(CCCNC(=O)c3cc(OCCCS(=O)(=O)O)c(OCCCS(=O)(=O)O)c(OCCCS(=O)(=O)O)c3)nn2)c1. The summed E-state index contributed by atoms with van der Waals surface area (Å²) in [6, 6.07) is 11.0. The van der Waals surface area contributed by atoms with Gasteiger partial charge in [0.25, 0.3) is 105 Å². The molecule has 0 fully saturated rings. The normalized spacial score (nSPS) is 12.1. The summed E-state index contributed by atoms with van der Waals surface area (Å²) in [5.74, 6) is -7.62. The van der Waals surface area contributed by atoms with Crippen LogP contribution in [0.25, 0.3) is 0 Å². The van der Waals surface area contributed by atoms with E-state index in [9.17, 15) is 118 Å². The van der Waals surface area contributed by atoms with E-state index in [1.54, 1.807) is 44.8 Å². The summed E-state index contributed by atoms with van der Waals surface area (Å²) < 4.78 is 334.